The summed E-state index contributed by atoms with van der Waals surface area (Å²) < 4.78 is 38.7. The van der Waals surface area contributed by atoms with Crippen LogP contribution in [-0.4, -0.2) is 17.0 Å². The monoisotopic (exact) mass is 380 g/mol. The van der Waals surface area contributed by atoms with Crippen molar-refractivity contribution in [3.63, 3.8) is 0 Å². The molecule has 1 atom stereocenters. The topological polar surface area (TPSA) is 24.4 Å². The molecule has 1 aromatic rings. The number of anilines is 1. The minimum Gasteiger partial charge on any atom is -0.335 e. The number of benzene rings is 1. The molecule has 1 heterocycles. The van der Waals surface area contributed by atoms with Crippen molar-refractivity contribution in [3.8, 4) is 0 Å². The highest BCUT2D eigenvalue weighted by atomic mass is 79.9. The van der Waals surface area contributed by atoms with Crippen molar-refractivity contribution < 1.29 is 13.2 Å². The summed E-state index contributed by atoms with van der Waals surface area (Å²) in [6.45, 7) is 5.01. The van der Waals surface area contributed by atoms with Gasteiger partial charge in [0.2, 0.25) is 0 Å². The normalized spacial score (nSPS) is 19.0. The molecule has 0 aromatic heterocycles. The second kappa shape index (κ2) is 6.60. The van der Waals surface area contributed by atoms with Gasteiger partial charge in [0.1, 0.15) is 0 Å². The van der Waals surface area contributed by atoms with E-state index in [1.807, 2.05) is 0 Å². The van der Waals surface area contributed by atoms with Gasteiger partial charge in [0, 0.05) is 15.4 Å². The van der Waals surface area contributed by atoms with Crippen LogP contribution in [0.4, 0.5) is 18.9 Å². The average molecular weight is 381 g/mol. The lowest BCUT2D eigenvalue weighted by Crippen LogP contribution is -2.11. The van der Waals surface area contributed by atoms with Gasteiger partial charge in [-0.3, -0.25) is 4.99 Å². The van der Waals surface area contributed by atoms with E-state index in [1.165, 1.54) is 0 Å². The van der Waals surface area contributed by atoms with Crippen LogP contribution in [0.15, 0.2) is 27.7 Å². The Hall–Kier alpha value is -0.690. The van der Waals surface area contributed by atoms with Crippen LogP contribution < -0.4 is 5.32 Å². The number of amidine groups is 1. The minimum atomic E-state index is -4.36. The van der Waals surface area contributed by atoms with Gasteiger partial charge in [0.25, 0.3) is 0 Å². The highest BCUT2D eigenvalue weighted by Crippen LogP contribution is 2.34. The van der Waals surface area contributed by atoms with Crippen LogP contribution in [0.1, 0.15) is 25.8 Å². The van der Waals surface area contributed by atoms with Crippen molar-refractivity contribution in [2.75, 3.05) is 11.9 Å². The molecule has 0 amide bonds. The van der Waals surface area contributed by atoms with Crippen LogP contribution in [0.5, 0.6) is 0 Å². The first kappa shape index (κ1) is 16.7. The number of halogens is 4. The van der Waals surface area contributed by atoms with E-state index in [0.29, 0.717) is 33.0 Å². The number of thioether (sulfide) groups is 1. The SMILES string of the molecule is CC(C)CC1CN=C(Nc2cc(Br)cc(C(F)(F)F)c2)S1. The van der Waals surface area contributed by atoms with Crippen LogP contribution >= 0.6 is 27.7 Å². The fourth-order valence-electron chi connectivity index (χ4n) is 2.08. The molecule has 0 bridgehead atoms. The molecule has 0 spiro atoms. The zero-order valence-electron chi connectivity index (χ0n) is 11.7. The van der Waals surface area contributed by atoms with E-state index in [1.54, 1.807) is 17.8 Å². The first-order valence-corrected chi connectivity index (χ1v) is 8.27. The average Bonchev–Trinajstić information content (AvgIpc) is 2.73. The third-order valence-electron chi connectivity index (χ3n) is 2.93. The van der Waals surface area contributed by atoms with E-state index in [0.717, 1.165) is 18.6 Å². The maximum absolute atomic E-state index is 12.8. The zero-order valence-corrected chi connectivity index (χ0v) is 14.1. The van der Waals surface area contributed by atoms with Gasteiger partial charge in [-0.25, -0.2) is 0 Å². The van der Waals surface area contributed by atoms with Crippen LogP contribution in [0.2, 0.25) is 0 Å². The summed E-state index contributed by atoms with van der Waals surface area (Å²) in [5.74, 6) is 0.583. The highest BCUT2D eigenvalue weighted by Gasteiger charge is 2.31. The Morgan fingerprint density at radius 3 is 2.71 bits per heavy atom. The van der Waals surface area contributed by atoms with E-state index < -0.39 is 11.7 Å². The number of aliphatic imine (C=N–C) groups is 1. The van der Waals surface area contributed by atoms with Crippen molar-refractivity contribution in [3.05, 3.63) is 28.2 Å². The lowest BCUT2D eigenvalue weighted by Gasteiger charge is -2.13. The molecule has 1 N–H and O–H groups in total. The fraction of sp³-hybridized carbons (Fsp3) is 0.500. The second-order valence-corrected chi connectivity index (χ2v) is 7.57. The predicted octanol–water partition coefficient (Wildman–Crippen LogP) is 5.40. The maximum atomic E-state index is 12.8. The Morgan fingerprint density at radius 1 is 1.38 bits per heavy atom. The summed E-state index contributed by atoms with van der Waals surface area (Å²) in [6, 6.07) is 3.79. The molecule has 1 unspecified atom stereocenters. The van der Waals surface area contributed by atoms with Crippen molar-refractivity contribution >= 4 is 38.5 Å². The first-order valence-electron chi connectivity index (χ1n) is 6.60. The van der Waals surface area contributed by atoms with Gasteiger partial charge < -0.3 is 5.32 Å². The molecule has 0 fully saturated rings. The largest absolute Gasteiger partial charge is 0.416 e. The number of rotatable bonds is 3. The van der Waals surface area contributed by atoms with Crippen molar-refractivity contribution in [2.45, 2.75) is 31.7 Å². The first-order chi connectivity index (χ1) is 9.74. The highest BCUT2D eigenvalue weighted by molar-refractivity contribution is 9.10. The van der Waals surface area contributed by atoms with E-state index in [9.17, 15) is 13.2 Å². The number of alkyl halides is 3. The Bertz CT molecular complexity index is 544. The Labute approximate surface area is 134 Å². The molecule has 21 heavy (non-hydrogen) atoms. The van der Waals surface area contributed by atoms with Crippen molar-refractivity contribution in [1.82, 2.24) is 0 Å². The molecular weight excluding hydrogens is 365 g/mol. The summed E-state index contributed by atoms with van der Waals surface area (Å²) >= 11 is 4.71. The van der Waals surface area contributed by atoms with Gasteiger partial charge in [0.05, 0.1) is 12.1 Å². The Kier molecular flexibility index (Phi) is 5.24. The van der Waals surface area contributed by atoms with Crippen LogP contribution in [0.25, 0.3) is 0 Å². The van der Waals surface area contributed by atoms with E-state index in [-0.39, 0.29) is 0 Å². The molecule has 1 aromatic carbocycles. The molecule has 116 valence electrons. The van der Waals surface area contributed by atoms with E-state index >= 15 is 0 Å². The molecule has 2 nitrogen and oxygen atoms in total. The van der Waals surface area contributed by atoms with Gasteiger partial charge in [-0.15, -0.1) is 0 Å². The van der Waals surface area contributed by atoms with Gasteiger partial charge in [-0.1, -0.05) is 41.5 Å². The summed E-state index contributed by atoms with van der Waals surface area (Å²) in [5.41, 5.74) is -0.283. The van der Waals surface area contributed by atoms with Crippen molar-refractivity contribution in [2.24, 2.45) is 10.9 Å². The Morgan fingerprint density at radius 2 is 2.10 bits per heavy atom. The lowest BCUT2D eigenvalue weighted by atomic mass is 10.1. The van der Waals surface area contributed by atoms with E-state index in [4.69, 9.17) is 0 Å². The molecule has 0 aliphatic carbocycles. The minimum absolute atomic E-state index is 0.391. The second-order valence-electron chi connectivity index (χ2n) is 5.37. The predicted molar refractivity (Wildman–Crippen MR) is 85.9 cm³/mol. The summed E-state index contributed by atoms with van der Waals surface area (Å²) in [6.07, 6.45) is -3.31. The molecule has 2 rings (SSSR count). The third kappa shape index (κ3) is 4.92. The Balaban J connectivity index is 2.06. The maximum Gasteiger partial charge on any atom is 0.416 e. The van der Waals surface area contributed by atoms with Crippen molar-refractivity contribution in [1.29, 1.82) is 0 Å². The molecule has 0 radical (unpaired) electrons. The molecule has 7 heteroatoms. The smallest absolute Gasteiger partial charge is 0.335 e. The summed E-state index contributed by atoms with van der Waals surface area (Å²) in [4.78, 5) is 4.36. The van der Waals surface area contributed by atoms with Gasteiger partial charge >= 0.3 is 6.18 Å². The number of nitrogens with zero attached hydrogens (tertiary/aromatic N) is 1. The standard InChI is InChI=1S/C14H16BrF3N2S/c1-8(2)3-12-7-19-13(21-12)20-11-5-9(14(16,17)18)4-10(15)6-11/h4-6,8,12H,3,7H2,1-2H3,(H,19,20). The molecule has 1 aliphatic rings. The quantitative estimate of drug-likeness (QED) is 0.759. The summed E-state index contributed by atoms with van der Waals surface area (Å²) in [5, 5.41) is 4.07. The van der Waals surface area contributed by atoms with Crippen LogP contribution in [0.3, 0.4) is 0 Å². The van der Waals surface area contributed by atoms with Gasteiger partial charge in [0.15, 0.2) is 5.17 Å². The summed E-state index contributed by atoms with van der Waals surface area (Å²) in [7, 11) is 0. The number of nitrogens with one attached hydrogen (secondary N) is 1. The third-order valence-corrected chi connectivity index (χ3v) is 4.51. The van der Waals surface area contributed by atoms with Gasteiger partial charge in [-0.2, -0.15) is 13.2 Å². The van der Waals surface area contributed by atoms with Crippen LogP contribution in [-0.2, 0) is 6.18 Å². The van der Waals surface area contributed by atoms with Gasteiger partial charge in [-0.05, 0) is 30.5 Å². The number of hydrogen-bond acceptors (Lipinski definition) is 3. The molecule has 1 aliphatic heterocycles. The molecule has 0 saturated heterocycles. The van der Waals surface area contributed by atoms with E-state index in [2.05, 4.69) is 40.1 Å². The lowest BCUT2D eigenvalue weighted by molar-refractivity contribution is -0.137. The number of hydrogen-bond donors (Lipinski definition) is 1. The molecule has 0 saturated carbocycles. The fourth-order valence-corrected chi connectivity index (χ4v) is 3.85. The zero-order chi connectivity index (χ0) is 15.6. The molecular formula is C14H16BrF3N2S. The van der Waals surface area contributed by atoms with Crippen LogP contribution in [0, 0.1) is 5.92 Å².